The lowest BCUT2D eigenvalue weighted by Crippen LogP contribution is -2.15. The normalized spacial score (nSPS) is 15.0. The van der Waals surface area contributed by atoms with E-state index in [0.29, 0.717) is 13.2 Å². The van der Waals surface area contributed by atoms with Gasteiger partial charge in [0.2, 0.25) is 0 Å². The molecule has 2 aliphatic rings. The summed E-state index contributed by atoms with van der Waals surface area (Å²) in [6, 6.07) is 9.93. The number of nitrogens with zero attached hydrogens (tertiary/aromatic N) is 3. The number of hydrogen-bond donors (Lipinski definition) is 1. The third-order valence-corrected chi connectivity index (χ3v) is 4.38. The Morgan fingerprint density at radius 2 is 1.83 bits per heavy atom. The number of hydrogen-bond acceptors (Lipinski definition) is 5. The van der Waals surface area contributed by atoms with Gasteiger partial charge in [0.1, 0.15) is 19.0 Å². The van der Waals surface area contributed by atoms with Crippen molar-refractivity contribution in [3.05, 3.63) is 48.3 Å². The molecular formula is C18H16N4O2. The topological polar surface area (TPSA) is 61.2 Å². The molecule has 4 heterocycles. The van der Waals surface area contributed by atoms with Gasteiger partial charge in [-0.3, -0.25) is 4.98 Å². The lowest BCUT2D eigenvalue weighted by Gasteiger charge is -2.19. The summed E-state index contributed by atoms with van der Waals surface area (Å²) in [5.74, 6) is 2.61. The Kier molecular flexibility index (Phi) is 2.94. The van der Waals surface area contributed by atoms with Gasteiger partial charge >= 0.3 is 0 Å². The molecule has 0 amide bonds. The van der Waals surface area contributed by atoms with E-state index in [9.17, 15) is 0 Å². The Labute approximate surface area is 139 Å². The van der Waals surface area contributed by atoms with Gasteiger partial charge in [0.25, 0.3) is 0 Å². The first-order valence-electron chi connectivity index (χ1n) is 8.06. The van der Waals surface area contributed by atoms with Crippen molar-refractivity contribution in [3.8, 4) is 28.4 Å². The first kappa shape index (κ1) is 13.4. The van der Waals surface area contributed by atoms with Crippen LogP contribution in [-0.4, -0.2) is 34.5 Å². The number of anilines is 1. The van der Waals surface area contributed by atoms with Crippen LogP contribution in [0.15, 0.2) is 42.7 Å². The lowest BCUT2D eigenvalue weighted by atomic mass is 10.1. The van der Waals surface area contributed by atoms with Crippen molar-refractivity contribution >= 4 is 5.82 Å². The summed E-state index contributed by atoms with van der Waals surface area (Å²) in [6.07, 6.45) is 4.57. The smallest absolute Gasteiger partial charge is 0.163 e. The Balaban J connectivity index is 1.65. The van der Waals surface area contributed by atoms with Gasteiger partial charge in [0.15, 0.2) is 11.5 Å². The van der Waals surface area contributed by atoms with Crippen LogP contribution in [-0.2, 0) is 6.42 Å². The summed E-state index contributed by atoms with van der Waals surface area (Å²) in [7, 11) is 0. The SMILES string of the molecule is c1cc(-c2nn(-c3ccc4c(c3)OCCO4)c3c2CCN3)ccn1. The molecule has 5 rings (SSSR count). The van der Waals surface area contributed by atoms with Crippen LogP contribution in [0.2, 0.25) is 0 Å². The van der Waals surface area contributed by atoms with Crippen LogP contribution >= 0.6 is 0 Å². The van der Waals surface area contributed by atoms with Crippen LogP contribution in [0.25, 0.3) is 16.9 Å². The zero-order valence-electron chi connectivity index (χ0n) is 13.0. The van der Waals surface area contributed by atoms with Crippen molar-refractivity contribution in [2.24, 2.45) is 0 Å². The van der Waals surface area contributed by atoms with Crippen LogP contribution in [0.4, 0.5) is 5.82 Å². The molecule has 2 aromatic heterocycles. The maximum Gasteiger partial charge on any atom is 0.163 e. The molecule has 24 heavy (non-hydrogen) atoms. The molecule has 0 fully saturated rings. The first-order chi connectivity index (χ1) is 11.9. The second-order valence-corrected chi connectivity index (χ2v) is 5.83. The standard InChI is InChI=1S/C18H16N4O2/c1-2-15-16(24-10-9-23-15)11-13(1)22-18-14(5-8-20-18)17(21-22)12-3-6-19-7-4-12/h1-4,6-7,11,20H,5,8-10H2. The van der Waals surface area contributed by atoms with E-state index < -0.39 is 0 Å². The molecular weight excluding hydrogens is 304 g/mol. The van der Waals surface area contributed by atoms with E-state index in [-0.39, 0.29) is 0 Å². The maximum absolute atomic E-state index is 5.70. The minimum absolute atomic E-state index is 0.578. The van der Waals surface area contributed by atoms with E-state index in [1.807, 2.05) is 35.0 Å². The second kappa shape index (κ2) is 5.26. The Hall–Kier alpha value is -3.02. The number of pyridine rings is 1. The fourth-order valence-electron chi connectivity index (χ4n) is 3.27. The fraction of sp³-hybridized carbons (Fsp3) is 0.222. The summed E-state index contributed by atoms with van der Waals surface area (Å²) in [4.78, 5) is 4.10. The molecule has 1 N–H and O–H groups in total. The third kappa shape index (κ3) is 2.03. The van der Waals surface area contributed by atoms with Gasteiger partial charge in [0.05, 0.1) is 11.4 Å². The maximum atomic E-state index is 5.70. The number of nitrogens with one attached hydrogen (secondary N) is 1. The second-order valence-electron chi connectivity index (χ2n) is 5.83. The van der Waals surface area contributed by atoms with Gasteiger partial charge in [-0.05, 0) is 30.7 Å². The van der Waals surface area contributed by atoms with Gasteiger partial charge in [-0.15, -0.1) is 0 Å². The highest BCUT2D eigenvalue weighted by molar-refractivity contribution is 5.72. The number of aromatic nitrogens is 3. The summed E-state index contributed by atoms with van der Waals surface area (Å²) in [6.45, 7) is 2.10. The molecule has 0 bridgehead atoms. The minimum Gasteiger partial charge on any atom is -0.486 e. The molecule has 0 radical (unpaired) electrons. The van der Waals surface area contributed by atoms with Gasteiger partial charge in [-0.2, -0.15) is 5.10 Å². The highest BCUT2D eigenvalue weighted by Gasteiger charge is 2.24. The molecule has 3 aromatic rings. The highest BCUT2D eigenvalue weighted by Crippen LogP contribution is 2.37. The van der Waals surface area contributed by atoms with Crippen LogP contribution in [0.5, 0.6) is 11.5 Å². The van der Waals surface area contributed by atoms with Crippen LogP contribution in [0.1, 0.15) is 5.56 Å². The number of rotatable bonds is 2. The van der Waals surface area contributed by atoms with E-state index in [1.165, 1.54) is 5.56 Å². The summed E-state index contributed by atoms with van der Waals surface area (Å²) in [5.41, 5.74) is 4.30. The van der Waals surface area contributed by atoms with Crippen LogP contribution in [0.3, 0.4) is 0 Å². The van der Waals surface area contributed by atoms with Crippen molar-refractivity contribution in [1.29, 1.82) is 0 Å². The van der Waals surface area contributed by atoms with E-state index in [0.717, 1.165) is 47.2 Å². The van der Waals surface area contributed by atoms with E-state index in [4.69, 9.17) is 14.6 Å². The molecule has 0 spiro atoms. The Morgan fingerprint density at radius 1 is 1.00 bits per heavy atom. The molecule has 0 saturated heterocycles. The third-order valence-electron chi connectivity index (χ3n) is 4.38. The average Bonchev–Trinajstić information content (AvgIpc) is 3.24. The molecule has 1 aromatic carbocycles. The fourth-order valence-corrected chi connectivity index (χ4v) is 3.27. The Bertz CT molecular complexity index is 905. The first-order valence-corrected chi connectivity index (χ1v) is 8.06. The van der Waals surface area contributed by atoms with Crippen molar-refractivity contribution < 1.29 is 9.47 Å². The van der Waals surface area contributed by atoms with Gasteiger partial charge in [0, 0.05) is 36.1 Å². The minimum atomic E-state index is 0.578. The van der Waals surface area contributed by atoms with Crippen LogP contribution < -0.4 is 14.8 Å². The summed E-state index contributed by atoms with van der Waals surface area (Å²) >= 11 is 0. The number of benzene rings is 1. The molecule has 0 aliphatic carbocycles. The zero-order chi connectivity index (χ0) is 15.9. The molecule has 0 unspecified atom stereocenters. The zero-order valence-corrected chi connectivity index (χ0v) is 13.0. The molecule has 2 aliphatic heterocycles. The van der Waals surface area contributed by atoms with Crippen molar-refractivity contribution in [2.75, 3.05) is 25.1 Å². The van der Waals surface area contributed by atoms with Crippen molar-refractivity contribution in [3.63, 3.8) is 0 Å². The van der Waals surface area contributed by atoms with E-state index in [1.54, 1.807) is 12.4 Å². The molecule has 0 saturated carbocycles. The predicted octanol–water partition coefficient (Wildman–Crippen LogP) is 2.67. The average molecular weight is 320 g/mol. The van der Waals surface area contributed by atoms with Gasteiger partial charge in [-0.25, -0.2) is 4.68 Å². The summed E-state index contributed by atoms with van der Waals surface area (Å²) < 4.78 is 13.3. The van der Waals surface area contributed by atoms with E-state index >= 15 is 0 Å². The van der Waals surface area contributed by atoms with E-state index in [2.05, 4.69) is 10.3 Å². The quantitative estimate of drug-likeness (QED) is 0.786. The number of fused-ring (bicyclic) bond motifs is 2. The monoisotopic (exact) mass is 320 g/mol. The predicted molar refractivity (Wildman–Crippen MR) is 90.0 cm³/mol. The number of ether oxygens (including phenoxy) is 2. The lowest BCUT2D eigenvalue weighted by molar-refractivity contribution is 0.171. The molecule has 120 valence electrons. The van der Waals surface area contributed by atoms with Gasteiger partial charge in [-0.1, -0.05) is 0 Å². The molecule has 0 atom stereocenters. The van der Waals surface area contributed by atoms with Crippen molar-refractivity contribution in [1.82, 2.24) is 14.8 Å². The Morgan fingerprint density at radius 3 is 2.71 bits per heavy atom. The highest BCUT2D eigenvalue weighted by atomic mass is 16.6. The summed E-state index contributed by atoms with van der Waals surface area (Å²) in [5, 5.41) is 8.30. The molecule has 6 heteroatoms. The van der Waals surface area contributed by atoms with Crippen molar-refractivity contribution in [2.45, 2.75) is 6.42 Å². The van der Waals surface area contributed by atoms with Crippen LogP contribution in [0, 0.1) is 0 Å². The van der Waals surface area contributed by atoms with Gasteiger partial charge < -0.3 is 14.8 Å². The molecule has 6 nitrogen and oxygen atoms in total. The largest absolute Gasteiger partial charge is 0.486 e.